The van der Waals surface area contributed by atoms with Gasteiger partial charge in [-0.05, 0) is 65.6 Å². The molecule has 0 spiro atoms. The van der Waals surface area contributed by atoms with Crippen molar-refractivity contribution in [3.05, 3.63) is 86.4 Å². The molecule has 47 heavy (non-hydrogen) atoms. The van der Waals surface area contributed by atoms with Crippen LogP contribution in [0.3, 0.4) is 0 Å². The topological polar surface area (TPSA) is 91.3 Å². The first-order valence-electron chi connectivity index (χ1n) is 14.8. The Morgan fingerprint density at radius 3 is 2.13 bits per heavy atom. The van der Waals surface area contributed by atoms with E-state index in [4.69, 9.17) is 62.8 Å². The summed E-state index contributed by atoms with van der Waals surface area (Å²) in [7, 11) is 0. The fraction of sp³-hybridized carbons (Fsp3) is 0.353. The van der Waals surface area contributed by atoms with Gasteiger partial charge in [0.15, 0.2) is 11.6 Å². The average Bonchev–Trinajstić information content (AvgIpc) is 3.22. The lowest BCUT2D eigenvalue weighted by atomic mass is 9.76. The van der Waals surface area contributed by atoms with Gasteiger partial charge in [0.25, 0.3) is 22.1 Å². The molecule has 0 saturated heterocycles. The van der Waals surface area contributed by atoms with Gasteiger partial charge in [0.2, 0.25) is 0 Å². The molecule has 0 radical (unpaired) electrons. The molecule has 0 saturated carbocycles. The third-order valence-electron chi connectivity index (χ3n) is 8.46. The number of hydrogen-bond acceptors (Lipinski definition) is 5. The van der Waals surface area contributed by atoms with Gasteiger partial charge in [-0.15, -0.1) is 10.2 Å². The zero-order chi connectivity index (χ0) is 35.1. The van der Waals surface area contributed by atoms with Gasteiger partial charge in [0.1, 0.15) is 5.69 Å². The predicted octanol–water partition coefficient (Wildman–Crippen LogP) is 9.63. The van der Waals surface area contributed by atoms with E-state index in [2.05, 4.69) is 58.0 Å². The zero-order valence-corrected chi connectivity index (χ0v) is 30.8. The number of amidine groups is 1. The van der Waals surface area contributed by atoms with Crippen LogP contribution in [0.25, 0.3) is 0 Å². The summed E-state index contributed by atoms with van der Waals surface area (Å²) in [6, 6.07) is 15.0. The third kappa shape index (κ3) is 7.52. The quantitative estimate of drug-likeness (QED) is 0.175. The molecule has 0 aromatic heterocycles. The number of alkyl halides is 2. The maximum Gasteiger partial charge on any atom is 0.291 e. The Morgan fingerprint density at radius 1 is 0.936 bits per heavy atom. The molecule has 0 aliphatic carbocycles. The molecular formula is C34H35Cl5N4O4. The van der Waals surface area contributed by atoms with Crippen molar-refractivity contribution < 1.29 is 19.2 Å². The van der Waals surface area contributed by atoms with Crippen LogP contribution in [0.15, 0.2) is 59.7 Å². The van der Waals surface area contributed by atoms with Crippen LogP contribution in [0.2, 0.25) is 15.1 Å². The number of carbonyl (C=O) groups excluding carboxylic acids is 3. The molecule has 0 fully saturated rings. The SMILES string of the molecule is CCC(C)(C)c1ccc(ON(C(C)=O)c2cccc(C(=O)NC3=NN(c4c(Cl)cc(Cl)cc4Cl)C(=O)C3(Cl)Cl)c2)c(C(C)(C)CC)c1. The Kier molecular flexibility index (Phi) is 10.8. The van der Waals surface area contributed by atoms with E-state index in [0.717, 1.165) is 28.5 Å². The summed E-state index contributed by atoms with van der Waals surface area (Å²) in [5.74, 6) is -1.89. The van der Waals surface area contributed by atoms with E-state index in [9.17, 15) is 14.4 Å². The second kappa shape index (κ2) is 13.8. The molecule has 13 heteroatoms. The van der Waals surface area contributed by atoms with E-state index in [-0.39, 0.29) is 48.7 Å². The number of hydrogen-bond donors (Lipinski definition) is 1. The summed E-state index contributed by atoms with van der Waals surface area (Å²) < 4.78 is -2.27. The van der Waals surface area contributed by atoms with Crippen LogP contribution in [0.4, 0.5) is 11.4 Å². The van der Waals surface area contributed by atoms with Gasteiger partial charge in [0, 0.05) is 23.1 Å². The summed E-state index contributed by atoms with van der Waals surface area (Å²) in [5.41, 5.74) is 2.19. The monoisotopic (exact) mass is 738 g/mol. The van der Waals surface area contributed by atoms with Crippen molar-refractivity contribution in [2.45, 2.75) is 76.5 Å². The number of hydrazone groups is 1. The first-order chi connectivity index (χ1) is 21.8. The normalized spacial score (nSPS) is 14.6. The number of halogens is 5. The van der Waals surface area contributed by atoms with Crippen molar-refractivity contribution in [1.82, 2.24) is 5.32 Å². The molecule has 0 unspecified atom stereocenters. The minimum atomic E-state index is -2.27. The number of benzene rings is 3. The minimum Gasteiger partial charge on any atom is -0.372 e. The van der Waals surface area contributed by atoms with Crippen molar-refractivity contribution in [2.24, 2.45) is 5.10 Å². The maximum atomic E-state index is 13.5. The van der Waals surface area contributed by atoms with E-state index in [1.54, 1.807) is 12.1 Å². The summed E-state index contributed by atoms with van der Waals surface area (Å²) in [6.07, 6.45) is 1.78. The lowest BCUT2D eigenvalue weighted by Crippen LogP contribution is -2.44. The molecule has 0 atom stereocenters. The Bertz CT molecular complexity index is 1750. The zero-order valence-electron chi connectivity index (χ0n) is 27.0. The van der Waals surface area contributed by atoms with Crippen molar-refractivity contribution in [1.29, 1.82) is 0 Å². The molecule has 250 valence electrons. The van der Waals surface area contributed by atoms with Gasteiger partial charge in [-0.1, -0.05) is 118 Å². The summed E-state index contributed by atoms with van der Waals surface area (Å²) >= 11 is 31.3. The van der Waals surface area contributed by atoms with E-state index in [1.165, 1.54) is 36.8 Å². The van der Waals surface area contributed by atoms with Crippen LogP contribution in [0.1, 0.15) is 82.8 Å². The smallest absolute Gasteiger partial charge is 0.291 e. The van der Waals surface area contributed by atoms with Gasteiger partial charge in [-0.2, -0.15) is 5.01 Å². The van der Waals surface area contributed by atoms with E-state index < -0.39 is 22.1 Å². The van der Waals surface area contributed by atoms with Gasteiger partial charge < -0.3 is 10.2 Å². The highest BCUT2D eigenvalue weighted by atomic mass is 35.5. The highest BCUT2D eigenvalue weighted by molar-refractivity contribution is 6.71. The number of amides is 3. The minimum absolute atomic E-state index is 0.00851. The van der Waals surface area contributed by atoms with Crippen molar-refractivity contribution in [2.75, 3.05) is 10.1 Å². The number of rotatable bonds is 9. The van der Waals surface area contributed by atoms with E-state index >= 15 is 0 Å². The molecule has 4 rings (SSSR count). The molecule has 1 heterocycles. The van der Waals surface area contributed by atoms with Gasteiger partial charge in [-0.3, -0.25) is 14.4 Å². The first-order valence-corrected chi connectivity index (χ1v) is 16.7. The molecule has 1 aliphatic rings. The van der Waals surface area contributed by atoms with Crippen LogP contribution in [-0.4, -0.2) is 27.9 Å². The Labute approximate surface area is 299 Å². The van der Waals surface area contributed by atoms with Gasteiger partial charge in [-0.25, -0.2) is 0 Å². The largest absolute Gasteiger partial charge is 0.372 e. The molecule has 3 aromatic rings. The van der Waals surface area contributed by atoms with Gasteiger partial charge in [0.05, 0.1) is 15.7 Å². The van der Waals surface area contributed by atoms with Crippen molar-refractivity contribution in [3.63, 3.8) is 0 Å². The number of nitrogens with one attached hydrogen (secondary N) is 1. The maximum absolute atomic E-state index is 13.5. The van der Waals surface area contributed by atoms with Crippen molar-refractivity contribution in [3.8, 4) is 5.75 Å². The molecular weight excluding hydrogens is 706 g/mol. The highest BCUT2D eigenvalue weighted by Gasteiger charge is 2.51. The molecule has 1 N–H and O–H groups in total. The second-order valence-corrected chi connectivity index (χ2v) is 15.0. The number of hydroxylamine groups is 1. The van der Waals surface area contributed by atoms with Crippen molar-refractivity contribution >= 4 is 92.9 Å². The summed E-state index contributed by atoms with van der Waals surface area (Å²) in [5, 5.41) is 8.83. The standard InChI is InChI=1S/C34H35Cl5N4O4/c1-8-32(4,5)21-13-14-27(24(16-21)33(6,7)9-2)47-43(19(3)44)23-12-10-11-20(15-23)29(45)40-30-34(38,39)31(46)42(41-30)28-25(36)17-22(35)18-26(28)37/h10-18H,8-9H2,1-7H3,(H,40,41,45). The Hall–Kier alpha value is -3.01. The highest BCUT2D eigenvalue weighted by Crippen LogP contribution is 2.42. The molecule has 0 bridgehead atoms. The lowest BCUT2D eigenvalue weighted by Gasteiger charge is -2.32. The predicted molar refractivity (Wildman–Crippen MR) is 192 cm³/mol. The lowest BCUT2D eigenvalue weighted by molar-refractivity contribution is -0.120. The fourth-order valence-corrected chi connectivity index (χ4v) is 6.05. The van der Waals surface area contributed by atoms with Crippen LogP contribution >= 0.6 is 58.0 Å². The number of nitrogens with zero attached hydrogens (tertiary/aromatic N) is 3. The first kappa shape index (κ1) is 36.8. The summed E-state index contributed by atoms with van der Waals surface area (Å²) in [4.78, 5) is 45.8. The number of carbonyl (C=O) groups is 3. The van der Waals surface area contributed by atoms with E-state index in [1.807, 2.05) is 12.1 Å². The van der Waals surface area contributed by atoms with Crippen LogP contribution in [0.5, 0.6) is 5.75 Å². The van der Waals surface area contributed by atoms with E-state index in [0.29, 0.717) is 5.75 Å². The fourth-order valence-electron chi connectivity index (χ4n) is 4.74. The molecule has 1 aliphatic heterocycles. The van der Waals surface area contributed by atoms with Gasteiger partial charge >= 0.3 is 0 Å². The molecule has 8 nitrogen and oxygen atoms in total. The molecule has 3 aromatic carbocycles. The summed E-state index contributed by atoms with van der Waals surface area (Å²) in [6.45, 7) is 14.2. The van der Waals surface area contributed by atoms with Crippen LogP contribution in [-0.2, 0) is 20.4 Å². The second-order valence-electron chi connectivity index (χ2n) is 12.5. The molecule has 3 amide bonds. The number of anilines is 2. The van der Waals surface area contributed by atoms with Crippen LogP contribution < -0.4 is 20.2 Å². The van der Waals surface area contributed by atoms with Crippen LogP contribution in [0, 0.1) is 0 Å². The Balaban J connectivity index is 1.66. The third-order valence-corrected chi connectivity index (χ3v) is 9.94. The Morgan fingerprint density at radius 2 is 1.55 bits per heavy atom. The average molecular weight is 741 g/mol.